The van der Waals surface area contributed by atoms with E-state index in [4.69, 9.17) is 11.6 Å². The lowest BCUT2D eigenvalue weighted by Crippen LogP contribution is -2.43. The fourth-order valence-electron chi connectivity index (χ4n) is 2.00. The molecule has 0 saturated heterocycles. The molecule has 2 rings (SSSR count). The van der Waals surface area contributed by atoms with Gasteiger partial charge in [-0.05, 0) is 43.7 Å². The van der Waals surface area contributed by atoms with Gasteiger partial charge in [0.1, 0.15) is 0 Å². The van der Waals surface area contributed by atoms with Crippen LogP contribution in [0.3, 0.4) is 0 Å². The van der Waals surface area contributed by atoms with Gasteiger partial charge in [-0.3, -0.25) is 0 Å². The van der Waals surface area contributed by atoms with Crippen LogP contribution in [-0.4, -0.2) is 14.6 Å². The second-order valence-electron chi connectivity index (χ2n) is 5.39. The van der Waals surface area contributed by atoms with Crippen LogP contribution in [0, 0.1) is 6.92 Å². The Morgan fingerprint density at radius 3 is 1.92 bits per heavy atom. The molecule has 1 unspecified atom stereocenters. The van der Waals surface area contributed by atoms with Crippen LogP contribution < -0.4 is 0 Å². The first-order valence-electron chi connectivity index (χ1n) is 6.81. The molecule has 0 fully saturated rings. The summed E-state index contributed by atoms with van der Waals surface area (Å²) in [7, 11) is -4.63. The Bertz CT molecular complexity index is 815. The molecule has 0 amide bonds. The number of aryl methyl sites for hydroxylation is 1. The maximum Gasteiger partial charge on any atom is 0.422 e. The molecule has 0 saturated carbocycles. The van der Waals surface area contributed by atoms with E-state index in [0.717, 1.165) is 17.7 Å². The summed E-state index contributed by atoms with van der Waals surface area (Å²) in [6, 6.07) is 9.99. The summed E-state index contributed by atoms with van der Waals surface area (Å²) >= 11 is 5.68. The molecule has 2 aromatic carbocycles. The highest BCUT2D eigenvalue weighted by Gasteiger charge is 2.56. The molecule has 0 radical (unpaired) electrons. The van der Waals surface area contributed by atoms with Gasteiger partial charge in [-0.2, -0.15) is 21.6 Å². The van der Waals surface area contributed by atoms with Crippen molar-refractivity contribution in [2.45, 2.75) is 30.5 Å². The Morgan fingerprint density at radius 2 is 1.46 bits per heavy atom. The summed E-state index contributed by atoms with van der Waals surface area (Å²) in [4.78, 5) is -0.350. The topological polar surface area (TPSA) is 43.4 Å². The van der Waals surface area contributed by atoms with Crippen molar-refractivity contribution in [3.63, 3.8) is 0 Å². The average Bonchev–Trinajstić information content (AvgIpc) is 2.46. The second kappa shape index (κ2) is 6.38. The first kappa shape index (κ1) is 18.8. The van der Waals surface area contributed by atoms with E-state index in [2.05, 4.69) is 4.18 Å². The van der Waals surface area contributed by atoms with Crippen LogP contribution in [-0.2, 0) is 19.9 Å². The van der Waals surface area contributed by atoms with Crippen molar-refractivity contribution in [1.29, 1.82) is 0 Å². The molecule has 2 aromatic rings. The number of hydrogen-bond acceptors (Lipinski definition) is 3. The smallest absolute Gasteiger partial charge is 0.245 e. The van der Waals surface area contributed by atoms with E-state index in [1.807, 2.05) is 0 Å². The predicted octanol–water partition coefficient (Wildman–Crippen LogP) is 4.83. The quantitative estimate of drug-likeness (QED) is 0.715. The summed E-state index contributed by atoms with van der Waals surface area (Å²) in [5.74, 6) is 0. The first-order chi connectivity index (χ1) is 11.0. The van der Waals surface area contributed by atoms with Gasteiger partial charge in [-0.15, -0.1) is 0 Å². The predicted molar refractivity (Wildman–Crippen MR) is 84.3 cm³/mol. The van der Waals surface area contributed by atoms with Gasteiger partial charge in [0.25, 0.3) is 10.1 Å². The summed E-state index contributed by atoms with van der Waals surface area (Å²) in [5, 5.41) is 0.227. The van der Waals surface area contributed by atoms with Crippen molar-refractivity contribution in [1.82, 2.24) is 0 Å². The molecule has 0 aliphatic carbocycles. The summed E-state index contributed by atoms with van der Waals surface area (Å²) in [5.41, 5.74) is -2.64. The lowest BCUT2D eigenvalue weighted by atomic mass is 9.96. The average molecular weight is 379 g/mol. The van der Waals surface area contributed by atoms with Gasteiger partial charge in [0.2, 0.25) is 5.60 Å². The third-order valence-electron chi connectivity index (χ3n) is 3.52. The Labute approximate surface area is 143 Å². The van der Waals surface area contributed by atoms with E-state index in [1.54, 1.807) is 6.92 Å². The molecule has 0 aliphatic heterocycles. The molecule has 1 atom stereocenters. The monoisotopic (exact) mass is 378 g/mol. The van der Waals surface area contributed by atoms with Gasteiger partial charge in [-0.25, -0.2) is 4.18 Å². The van der Waals surface area contributed by atoms with E-state index in [9.17, 15) is 21.6 Å². The maximum atomic E-state index is 13.6. The summed E-state index contributed by atoms with van der Waals surface area (Å²) in [6.07, 6.45) is -4.96. The molecule has 0 spiro atoms. The van der Waals surface area contributed by atoms with Crippen LogP contribution in [0.1, 0.15) is 18.1 Å². The normalized spacial score (nSPS) is 15.1. The highest BCUT2D eigenvalue weighted by atomic mass is 35.5. The van der Waals surface area contributed by atoms with E-state index >= 15 is 0 Å². The largest absolute Gasteiger partial charge is 0.422 e. The number of benzene rings is 2. The van der Waals surface area contributed by atoms with Gasteiger partial charge < -0.3 is 0 Å². The van der Waals surface area contributed by atoms with Gasteiger partial charge in [-0.1, -0.05) is 41.4 Å². The van der Waals surface area contributed by atoms with E-state index in [0.29, 0.717) is 6.92 Å². The molecule has 0 N–H and O–H groups in total. The van der Waals surface area contributed by atoms with Crippen molar-refractivity contribution >= 4 is 21.7 Å². The third-order valence-corrected chi connectivity index (χ3v) is 5.18. The van der Waals surface area contributed by atoms with Gasteiger partial charge in [0.05, 0.1) is 4.90 Å². The molecular formula is C16H14ClF3O3S. The lowest BCUT2D eigenvalue weighted by molar-refractivity contribution is -0.246. The van der Waals surface area contributed by atoms with Gasteiger partial charge in [0, 0.05) is 5.02 Å². The number of halogens is 4. The standard InChI is InChI=1S/C16H14ClF3O3S/c1-11-3-9-14(10-4-11)24(21,22)23-15(2,16(18,19)20)12-5-7-13(17)8-6-12/h3-10H,1-2H3. The zero-order valence-electron chi connectivity index (χ0n) is 12.8. The van der Waals surface area contributed by atoms with Crippen LogP contribution in [0.4, 0.5) is 13.2 Å². The fourth-order valence-corrected chi connectivity index (χ4v) is 3.32. The molecule has 130 valence electrons. The van der Waals surface area contributed by atoms with Crippen molar-refractivity contribution in [2.75, 3.05) is 0 Å². The Morgan fingerprint density at radius 1 is 0.958 bits per heavy atom. The minimum Gasteiger partial charge on any atom is -0.245 e. The van der Waals surface area contributed by atoms with Crippen LogP contribution in [0.5, 0.6) is 0 Å². The zero-order valence-corrected chi connectivity index (χ0v) is 14.3. The van der Waals surface area contributed by atoms with E-state index in [-0.39, 0.29) is 15.5 Å². The van der Waals surface area contributed by atoms with Crippen LogP contribution in [0.25, 0.3) is 0 Å². The van der Waals surface area contributed by atoms with Crippen LogP contribution in [0.2, 0.25) is 5.02 Å². The molecule has 0 heterocycles. The zero-order chi connectivity index (χ0) is 18.2. The lowest BCUT2D eigenvalue weighted by Gasteiger charge is -2.31. The molecule has 0 bridgehead atoms. The molecule has 24 heavy (non-hydrogen) atoms. The minimum atomic E-state index is -4.96. The molecule has 3 nitrogen and oxygen atoms in total. The van der Waals surface area contributed by atoms with Gasteiger partial charge >= 0.3 is 6.18 Å². The first-order valence-corrected chi connectivity index (χ1v) is 8.59. The van der Waals surface area contributed by atoms with Crippen molar-refractivity contribution in [3.05, 3.63) is 64.7 Å². The molecule has 8 heteroatoms. The summed E-state index contributed by atoms with van der Waals surface area (Å²) < 4.78 is 70.0. The highest BCUT2D eigenvalue weighted by Crippen LogP contribution is 2.44. The van der Waals surface area contributed by atoms with Crippen molar-refractivity contribution in [2.24, 2.45) is 0 Å². The maximum absolute atomic E-state index is 13.6. The highest BCUT2D eigenvalue weighted by molar-refractivity contribution is 7.86. The number of hydrogen-bond donors (Lipinski definition) is 0. The minimum absolute atomic E-state index is 0.227. The SMILES string of the molecule is Cc1ccc(S(=O)(=O)OC(C)(c2ccc(Cl)cc2)C(F)(F)F)cc1. The Hall–Kier alpha value is -1.57. The van der Waals surface area contributed by atoms with Gasteiger partial charge in [0.15, 0.2) is 0 Å². The van der Waals surface area contributed by atoms with Crippen molar-refractivity contribution in [3.8, 4) is 0 Å². The summed E-state index contributed by atoms with van der Waals surface area (Å²) in [6.45, 7) is 2.40. The fraction of sp³-hybridized carbons (Fsp3) is 0.250. The molecule has 0 aromatic heterocycles. The second-order valence-corrected chi connectivity index (χ2v) is 7.37. The molecular weight excluding hydrogens is 365 g/mol. The third kappa shape index (κ3) is 3.74. The molecule has 0 aliphatic rings. The van der Waals surface area contributed by atoms with Crippen LogP contribution >= 0.6 is 11.6 Å². The van der Waals surface area contributed by atoms with E-state index in [1.165, 1.54) is 36.4 Å². The number of alkyl halides is 3. The van der Waals surface area contributed by atoms with Crippen molar-refractivity contribution < 1.29 is 25.8 Å². The Balaban J connectivity index is 2.50. The number of rotatable bonds is 4. The van der Waals surface area contributed by atoms with Crippen LogP contribution in [0.15, 0.2) is 53.4 Å². The Kier molecular flexibility index (Phi) is 4.99. The van der Waals surface area contributed by atoms with E-state index < -0.39 is 21.9 Å².